The molecule has 0 bridgehead atoms. The molecule has 1 heterocycles. The van der Waals surface area contributed by atoms with E-state index in [9.17, 15) is 0 Å². The first-order valence-corrected chi connectivity index (χ1v) is 7.08. The topological polar surface area (TPSA) is 39.1 Å². The van der Waals surface area contributed by atoms with Crippen LogP contribution >= 0.6 is 11.6 Å². The Morgan fingerprint density at radius 3 is 2.85 bits per heavy atom. The lowest BCUT2D eigenvalue weighted by molar-refractivity contribution is 0.413. The average molecular weight is 294 g/mol. The number of rotatable bonds is 6. The smallest absolute Gasteiger partial charge is 0.137 e. The maximum atomic E-state index is 6.09. The quantitative estimate of drug-likeness (QED) is 0.889. The minimum atomic E-state index is 0.0438. The molecule has 4 nitrogen and oxygen atoms in total. The van der Waals surface area contributed by atoms with E-state index >= 15 is 0 Å². The Balaban J connectivity index is 2.35. The van der Waals surface area contributed by atoms with Crippen molar-refractivity contribution in [3.63, 3.8) is 0 Å². The second-order valence-electron chi connectivity index (χ2n) is 4.75. The zero-order valence-corrected chi connectivity index (χ0v) is 12.8. The van der Waals surface area contributed by atoms with Crippen LogP contribution in [0, 0.1) is 0 Å². The Hall–Kier alpha value is -1.52. The molecular formula is C15H20ClN3O. The van der Waals surface area contributed by atoms with Gasteiger partial charge in [-0.2, -0.15) is 0 Å². The molecule has 0 aliphatic carbocycles. The molecule has 20 heavy (non-hydrogen) atoms. The van der Waals surface area contributed by atoms with Crippen molar-refractivity contribution in [1.29, 1.82) is 0 Å². The Kier molecular flexibility index (Phi) is 5.04. The summed E-state index contributed by atoms with van der Waals surface area (Å²) in [5.74, 6) is 0.684. The number of hydrogen-bond donors (Lipinski definition) is 1. The summed E-state index contributed by atoms with van der Waals surface area (Å²) in [4.78, 5) is 4.45. The summed E-state index contributed by atoms with van der Waals surface area (Å²) in [7, 11) is 3.59. The highest BCUT2D eigenvalue weighted by molar-refractivity contribution is 6.32. The Morgan fingerprint density at radius 1 is 1.45 bits per heavy atom. The minimum Gasteiger partial charge on any atom is -0.495 e. The van der Waals surface area contributed by atoms with Gasteiger partial charge in [-0.3, -0.25) is 0 Å². The number of hydrogen-bond acceptors (Lipinski definition) is 3. The van der Waals surface area contributed by atoms with Crippen molar-refractivity contribution in [2.24, 2.45) is 7.05 Å². The molecule has 0 saturated heterocycles. The maximum Gasteiger partial charge on any atom is 0.137 e. The van der Waals surface area contributed by atoms with Gasteiger partial charge >= 0.3 is 0 Å². The van der Waals surface area contributed by atoms with E-state index in [1.54, 1.807) is 7.11 Å². The summed E-state index contributed by atoms with van der Waals surface area (Å²) in [6, 6.07) is 5.87. The molecule has 0 amide bonds. The summed E-state index contributed by atoms with van der Waals surface area (Å²) < 4.78 is 7.24. The van der Waals surface area contributed by atoms with E-state index in [2.05, 4.69) is 17.2 Å². The van der Waals surface area contributed by atoms with E-state index in [4.69, 9.17) is 16.3 Å². The minimum absolute atomic E-state index is 0.0438. The van der Waals surface area contributed by atoms with Crippen molar-refractivity contribution in [3.8, 4) is 5.75 Å². The average Bonchev–Trinajstić information content (AvgIpc) is 2.87. The van der Waals surface area contributed by atoms with Gasteiger partial charge in [0.15, 0.2) is 0 Å². The van der Waals surface area contributed by atoms with Crippen molar-refractivity contribution in [2.45, 2.75) is 19.4 Å². The monoisotopic (exact) mass is 293 g/mol. The van der Waals surface area contributed by atoms with Crippen LogP contribution in [-0.4, -0.2) is 23.2 Å². The van der Waals surface area contributed by atoms with E-state index in [0.29, 0.717) is 10.8 Å². The third-order valence-electron chi connectivity index (χ3n) is 3.13. The highest BCUT2D eigenvalue weighted by Crippen LogP contribution is 2.30. The van der Waals surface area contributed by atoms with Gasteiger partial charge < -0.3 is 14.6 Å². The van der Waals surface area contributed by atoms with E-state index in [1.807, 2.05) is 42.3 Å². The van der Waals surface area contributed by atoms with Crippen LogP contribution in [0.5, 0.6) is 5.75 Å². The highest BCUT2D eigenvalue weighted by Gasteiger charge is 2.17. The molecule has 0 radical (unpaired) electrons. The first-order chi connectivity index (χ1) is 9.65. The zero-order valence-electron chi connectivity index (χ0n) is 12.1. The van der Waals surface area contributed by atoms with Gasteiger partial charge in [0, 0.05) is 13.2 Å². The van der Waals surface area contributed by atoms with Gasteiger partial charge in [-0.15, -0.1) is 0 Å². The van der Waals surface area contributed by atoms with Gasteiger partial charge in [-0.25, -0.2) is 4.98 Å². The second kappa shape index (κ2) is 6.77. The van der Waals surface area contributed by atoms with Crippen molar-refractivity contribution in [2.75, 3.05) is 13.7 Å². The summed E-state index contributed by atoms with van der Waals surface area (Å²) in [5.41, 5.74) is 2.09. The molecule has 1 unspecified atom stereocenters. The molecule has 0 aliphatic heterocycles. The fraction of sp³-hybridized carbons (Fsp3) is 0.400. The van der Waals surface area contributed by atoms with Crippen molar-refractivity contribution < 1.29 is 4.74 Å². The molecule has 0 spiro atoms. The third kappa shape index (κ3) is 3.32. The fourth-order valence-electron chi connectivity index (χ4n) is 2.12. The highest BCUT2D eigenvalue weighted by atomic mass is 35.5. The van der Waals surface area contributed by atoms with Crippen molar-refractivity contribution >= 4 is 11.6 Å². The Morgan fingerprint density at radius 2 is 2.25 bits per heavy atom. The van der Waals surface area contributed by atoms with Gasteiger partial charge in [0.2, 0.25) is 0 Å². The molecule has 5 heteroatoms. The van der Waals surface area contributed by atoms with E-state index in [1.165, 1.54) is 0 Å². The zero-order chi connectivity index (χ0) is 14.5. The lowest BCUT2D eigenvalue weighted by atomic mass is 10.0. The summed E-state index contributed by atoms with van der Waals surface area (Å²) >= 11 is 6.09. The normalized spacial score (nSPS) is 12.4. The van der Waals surface area contributed by atoms with Crippen molar-refractivity contribution in [3.05, 3.63) is 47.0 Å². The van der Waals surface area contributed by atoms with Crippen LogP contribution in [0.1, 0.15) is 30.6 Å². The Bertz CT molecular complexity index is 568. The molecule has 0 fully saturated rings. The number of methoxy groups -OCH3 is 1. The Labute approximate surface area is 124 Å². The standard InChI is InChI=1S/C15H20ClN3O/c1-4-7-17-15(13-9-19(2)10-18-13)11-5-6-12(16)14(8-11)20-3/h5-6,8-10,15,17H,4,7H2,1-3H3. The molecule has 0 saturated carbocycles. The van der Waals surface area contributed by atoms with Gasteiger partial charge in [0.25, 0.3) is 0 Å². The first-order valence-electron chi connectivity index (χ1n) is 6.70. The largest absolute Gasteiger partial charge is 0.495 e. The van der Waals surface area contributed by atoms with Gasteiger partial charge in [0.05, 0.1) is 30.2 Å². The molecule has 0 aliphatic rings. The van der Waals surface area contributed by atoms with Crippen LogP contribution < -0.4 is 10.1 Å². The van der Waals surface area contributed by atoms with Gasteiger partial charge in [-0.1, -0.05) is 24.6 Å². The molecular weight excluding hydrogens is 274 g/mol. The molecule has 1 aromatic heterocycles. The summed E-state index contributed by atoms with van der Waals surface area (Å²) in [6.07, 6.45) is 4.89. The number of aromatic nitrogens is 2. The number of nitrogens with one attached hydrogen (secondary N) is 1. The van der Waals surface area contributed by atoms with E-state index in [0.717, 1.165) is 24.2 Å². The van der Waals surface area contributed by atoms with Gasteiger partial charge in [-0.05, 0) is 30.7 Å². The van der Waals surface area contributed by atoms with Crippen LogP contribution in [0.15, 0.2) is 30.7 Å². The number of halogens is 1. The number of benzene rings is 1. The molecule has 1 aromatic carbocycles. The predicted octanol–water partition coefficient (Wildman–Crippen LogP) is 3.17. The lowest BCUT2D eigenvalue weighted by Gasteiger charge is -2.18. The van der Waals surface area contributed by atoms with Crippen LogP contribution in [0.2, 0.25) is 5.02 Å². The van der Waals surface area contributed by atoms with Crippen LogP contribution in [0.25, 0.3) is 0 Å². The molecule has 108 valence electrons. The number of aryl methyl sites for hydroxylation is 1. The summed E-state index contributed by atoms with van der Waals surface area (Å²) in [5, 5.41) is 4.13. The summed E-state index contributed by atoms with van der Waals surface area (Å²) in [6.45, 7) is 3.07. The van der Waals surface area contributed by atoms with E-state index < -0.39 is 0 Å². The van der Waals surface area contributed by atoms with Crippen LogP contribution in [0.4, 0.5) is 0 Å². The van der Waals surface area contributed by atoms with Gasteiger partial charge in [0.1, 0.15) is 5.75 Å². The SMILES string of the molecule is CCCNC(c1ccc(Cl)c(OC)c1)c1cn(C)cn1. The van der Waals surface area contributed by atoms with Crippen LogP contribution in [-0.2, 0) is 7.05 Å². The third-order valence-corrected chi connectivity index (χ3v) is 3.44. The number of nitrogens with zero attached hydrogens (tertiary/aromatic N) is 2. The molecule has 2 aromatic rings. The fourth-order valence-corrected chi connectivity index (χ4v) is 2.31. The van der Waals surface area contributed by atoms with Crippen molar-refractivity contribution in [1.82, 2.24) is 14.9 Å². The lowest BCUT2D eigenvalue weighted by Crippen LogP contribution is -2.23. The number of ether oxygens (including phenoxy) is 1. The molecule has 1 atom stereocenters. The van der Waals surface area contributed by atoms with E-state index in [-0.39, 0.29) is 6.04 Å². The maximum absolute atomic E-state index is 6.09. The predicted molar refractivity (Wildman–Crippen MR) is 81.3 cm³/mol. The van der Waals surface area contributed by atoms with Crippen LogP contribution in [0.3, 0.4) is 0 Å². The number of imidazole rings is 1. The first kappa shape index (κ1) is 14.9. The second-order valence-corrected chi connectivity index (χ2v) is 5.15. The molecule has 2 rings (SSSR count). The molecule has 1 N–H and O–H groups in total.